The van der Waals surface area contributed by atoms with Crippen LogP contribution in [-0.4, -0.2) is 80.0 Å². The van der Waals surface area contributed by atoms with E-state index in [-0.39, 0.29) is 11.1 Å². The molecule has 0 unspecified atom stereocenters. The molecule has 4 nitrogen and oxygen atoms in total. The number of carboxylic acid groups (broad SMARTS) is 2. The number of rotatable bonds is 4. The van der Waals surface area contributed by atoms with Gasteiger partial charge in [-0.2, -0.15) is 0 Å². The molecule has 2 N–H and O–H groups in total. The van der Waals surface area contributed by atoms with Gasteiger partial charge in [0.15, 0.2) is 0 Å². The molecular formula is C9H8B8O4. The molecule has 92 valence electrons. The second kappa shape index (κ2) is 8.85. The first-order valence-electron chi connectivity index (χ1n) is 5.92. The first kappa shape index (κ1) is 19.7. The van der Waals surface area contributed by atoms with E-state index in [1.807, 2.05) is 0 Å². The van der Waals surface area contributed by atoms with Crippen LogP contribution in [0.3, 0.4) is 0 Å². The Labute approximate surface area is 132 Å². The van der Waals surface area contributed by atoms with Gasteiger partial charge in [0, 0.05) is 57.8 Å². The van der Waals surface area contributed by atoms with Gasteiger partial charge in [-0.25, -0.2) is 9.59 Å². The van der Waals surface area contributed by atoms with E-state index in [2.05, 4.69) is 0 Å². The number of aromatic carboxylic acids is 2. The maximum absolute atomic E-state index is 10.5. The lowest BCUT2D eigenvalue weighted by Crippen LogP contribution is -2.52. The van der Waals surface area contributed by atoms with E-state index in [1.165, 1.54) is 12.1 Å². The van der Waals surface area contributed by atoms with E-state index in [4.69, 9.17) is 48.9 Å². The van der Waals surface area contributed by atoms with Crippen molar-refractivity contribution < 1.29 is 19.8 Å². The number of hydrogen-bond acceptors (Lipinski definition) is 2. The Kier molecular flexibility index (Phi) is 8.30. The summed E-state index contributed by atoms with van der Waals surface area (Å²) in [6.45, 7) is 1.65. The molecule has 0 saturated carbocycles. The van der Waals surface area contributed by atoms with Crippen LogP contribution in [0.4, 0.5) is 0 Å². The molecule has 0 heterocycles. The molecule has 0 fully saturated rings. The standard InChI is InChI=1S/C9H8O4.B8/c1-5-2-6(8(10)11)4-7(3-5)9(12)13;1-6(2)8(5)7(3)4/h2-4H,1H3,(H,10,11)(H,12,13);. The van der Waals surface area contributed by atoms with Crippen molar-refractivity contribution in [1.29, 1.82) is 0 Å². The molecule has 0 saturated heterocycles. The minimum Gasteiger partial charge on any atom is -0.478 e. The predicted molar refractivity (Wildman–Crippen MR) is 91.1 cm³/mol. The quantitative estimate of drug-likeness (QED) is 0.640. The zero-order valence-corrected chi connectivity index (χ0v) is 11.6. The largest absolute Gasteiger partial charge is 0.478 e. The number of carboxylic acids is 2. The minimum atomic E-state index is -1.12. The van der Waals surface area contributed by atoms with Crippen molar-refractivity contribution in [2.24, 2.45) is 0 Å². The molecule has 0 aliphatic carbocycles. The Morgan fingerprint density at radius 3 is 1.38 bits per heavy atom. The van der Waals surface area contributed by atoms with E-state index >= 15 is 0 Å². The third-order valence-electron chi connectivity index (χ3n) is 2.46. The molecular weight excluding hydrogens is 259 g/mol. The van der Waals surface area contributed by atoms with Gasteiger partial charge in [-0.1, -0.05) is 0 Å². The van der Waals surface area contributed by atoms with E-state index in [1.54, 1.807) is 6.92 Å². The summed E-state index contributed by atoms with van der Waals surface area (Å²) < 4.78 is 0. The number of benzene rings is 1. The molecule has 0 aliphatic rings. The molecule has 1 aromatic rings. The summed E-state index contributed by atoms with van der Waals surface area (Å²) in [4.78, 5) is 21.1. The number of carbonyl (C=O) groups is 2. The minimum absolute atomic E-state index is 0.00241. The fourth-order valence-electron chi connectivity index (χ4n) is 1.29. The Morgan fingerprint density at radius 2 is 1.19 bits per heavy atom. The smallest absolute Gasteiger partial charge is 0.335 e. The summed E-state index contributed by atoms with van der Waals surface area (Å²) in [6.07, 6.45) is -1.78. The molecule has 0 aromatic heterocycles. The molecule has 0 aliphatic heterocycles. The fourth-order valence-corrected chi connectivity index (χ4v) is 1.29. The fraction of sp³-hybridized carbons (Fsp3) is 0.111. The van der Waals surface area contributed by atoms with Gasteiger partial charge in [-0.15, -0.1) is 0 Å². The van der Waals surface area contributed by atoms with Crippen LogP contribution in [0.2, 0.25) is 0 Å². The Hall–Kier alpha value is -1.32. The lowest BCUT2D eigenvalue weighted by molar-refractivity contribution is 0.0696. The molecule has 0 atom stereocenters. The van der Waals surface area contributed by atoms with Crippen LogP contribution in [-0.2, 0) is 0 Å². The second-order valence-corrected chi connectivity index (χ2v) is 4.43. The average Bonchev–Trinajstić information content (AvgIpc) is 2.37. The van der Waals surface area contributed by atoms with Gasteiger partial charge in [0.1, 0.15) is 0 Å². The van der Waals surface area contributed by atoms with Gasteiger partial charge in [0.25, 0.3) is 0 Å². The van der Waals surface area contributed by atoms with Crippen molar-refractivity contribution >= 4 is 69.8 Å². The number of aryl methyl sites for hydroxylation is 1. The van der Waals surface area contributed by atoms with Gasteiger partial charge in [0.05, 0.1) is 11.1 Å². The lowest BCUT2D eigenvalue weighted by Gasteiger charge is -2.13. The number of hydrogen-bond donors (Lipinski definition) is 2. The molecule has 1 aromatic carbocycles. The highest BCUT2D eigenvalue weighted by molar-refractivity contribution is 7.89. The van der Waals surface area contributed by atoms with Gasteiger partial charge in [-0.3, -0.25) is 0 Å². The Bertz CT molecular complexity index is 466. The molecule has 12 heteroatoms. The van der Waals surface area contributed by atoms with Crippen LogP contribution in [0.5, 0.6) is 0 Å². The van der Waals surface area contributed by atoms with Gasteiger partial charge in [-0.05, 0) is 30.7 Å². The van der Waals surface area contributed by atoms with Crippen molar-refractivity contribution in [3.05, 3.63) is 34.9 Å². The zero-order chi connectivity index (χ0) is 16.7. The SMILES string of the molecule is Cc1cc(C(=O)O)cc(C(=O)O)c1.[B]B([B])B([B])B([B])[B]. The summed E-state index contributed by atoms with van der Waals surface area (Å²) in [5, 5.41) is 17.2. The molecule has 10 radical (unpaired) electrons. The Balaban J connectivity index is 0.000000433. The van der Waals surface area contributed by atoms with Crippen LogP contribution in [0, 0.1) is 6.92 Å². The zero-order valence-electron chi connectivity index (χ0n) is 11.6. The van der Waals surface area contributed by atoms with E-state index < -0.39 is 31.1 Å². The van der Waals surface area contributed by atoms with Gasteiger partial charge in [0.2, 0.25) is 0 Å². The summed E-state index contributed by atoms with van der Waals surface area (Å²) >= 11 is 0. The Morgan fingerprint density at radius 1 is 0.857 bits per heavy atom. The molecule has 0 spiro atoms. The molecule has 1 rings (SSSR count). The highest BCUT2D eigenvalue weighted by atomic mass is 16.4. The van der Waals surface area contributed by atoms with E-state index in [9.17, 15) is 9.59 Å². The summed E-state index contributed by atoms with van der Waals surface area (Å²) in [5.74, 6) is -2.24. The van der Waals surface area contributed by atoms with Crippen LogP contribution in [0.15, 0.2) is 18.2 Å². The van der Waals surface area contributed by atoms with Crippen molar-refractivity contribution in [2.75, 3.05) is 0 Å². The third-order valence-corrected chi connectivity index (χ3v) is 2.46. The second-order valence-electron chi connectivity index (χ2n) is 4.43. The molecule has 21 heavy (non-hydrogen) atoms. The molecule has 0 amide bonds. The summed E-state index contributed by atoms with van der Waals surface area (Å²) in [6, 6.07) is 3.99. The maximum Gasteiger partial charge on any atom is 0.335 e. The monoisotopic (exact) mass is 268 g/mol. The van der Waals surface area contributed by atoms with Crippen molar-refractivity contribution in [3.8, 4) is 0 Å². The predicted octanol–water partition coefficient (Wildman–Crippen LogP) is -1.65. The van der Waals surface area contributed by atoms with Crippen molar-refractivity contribution in [2.45, 2.75) is 6.92 Å². The van der Waals surface area contributed by atoms with Crippen LogP contribution in [0.1, 0.15) is 26.3 Å². The first-order valence-corrected chi connectivity index (χ1v) is 5.92. The first-order chi connectivity index (χ1) is 9.56. The lowest BCUT2D eigenvalue weighted by atomic mass is 8.68. The highest BCUT2D eigenvalue weighted by Crippen LogP contribution is 2.09. The molecule has 0 bridgehead atoms. The average molecular weight is 267 g/mol. The third kappa shape index (κ3) is 7.30. The van der Waals surface area contributed by atoms with Crippen molar-refractivity contribution in [3.63, 3.8) is 0 Å². The summed E-state index contributed by atoms with van der Waals surface area (Å²) in [5.41, 5.74) is 0.618. The summed E-state index contributed by atoms with van der Waals surface area (Å²) in [7, 11) is 25.8. The van der Waals surface area contributed by atoms with E-state index in [0.717, 1.165) is 6.07 Å². The maximum atomic E-state index is 10.5. The van der Waals surface area contributed by atoms with Gasteiger partial charge >= 0.3 is 11.9 Å². The normalized spacial score (nSPS) is 9.00. The van der Waals surface area contributed by atoms with Crippen LogP contribution in [0.25, 0.3) is 0 Å². The van der Waals surface area contributed by atoms with E-state index in [0.29, 0.717) is 5.56 Å². The van der Waals surface area contributed by atoms with Crippen LogP contribution < -0.4 is 0 Å². The topological polar surface area (TPSA) is 74.6 Å². The van der Waals surface area contributed by atoms with Crippen LogP contribution >= 0.6 is 0 Å². The highest BCUT2D eigenvalue weighted by Gasteiger charge is 2.14. The van der Waals surface area contributed by atoms with Crippen molar-refractivity contribution in [1.82, 2.24) is 0 Å². The van der Waals surface area contributed by atoms with Gasteiger partial charge < -0.3 is 10.2 Å².